The molecule has 3 aromatic carbocycles. The van der Waals surface area contributed by atoms with E-state index >= 15 is 0 Å². The lowest BCUT2D eigenvalue weighted by atomic mass is 10.2. The van der Waals surface area contributed by atoms with Crippen molar-refractivity contribution in [2.45, 2.75) is 6.61 Å². The van der Waals surface area contributed by atoms with Gasteiger partial charge in [-0.2, -0.15) is 0 Å². The number of nitrogens with one attached hydrogen (secondary N) is 1. The first kappa shape index (κ1) is 16.1. The first-order valence-corrected chi connectivity index (χ1v) is 7.93. The van der Waals surface area contributed by atoms with Crippen LogP contribution in [0.2, 0.25) is 5.02 Å². The van der Waals surface area contributed by atoms with Crippen LogP contribution in [-0.2, 0) is 6.61 Å². The minimum atomic E-state index is -0.206. The molecule has 0 saturated carbocycles. The van der Waals surface area contributed by atoms with E-state index in [2.05, 4.69) is 5.32 Å². The van der Waals surface area contributed by atoms with Crippen LogP contribution in [-0.4, -0.2) is 5.91 Å². The van der Waals surface area contributed by atoms with Gasteiger partial charge in [-0.25, -0.2) is 0 Å². The van der Waals surface area contributed by atoms with Gasteiger partial charge in [0.1, 0.15) is 12.4 Å². The second-order valence-electron chi connectivity index (χ2n) is 5.23. The lowest BCUT2D eigenvalue weighted by Crippen LogP contribution is -2.12. The average Bonchev–Trinajstić information content (AvgIpc) is 2.62. The fraction of sp³-hybridized carbons (Fsp3) is 0.0500. The topological polar surface area (TPSA) is 38.3 Å². The summed E-state index contributed by atoms with van der Waals surface area (Å²) in [5.74, 6) is 0.370. The van der Waals surface area contributed by atoms with Gasteiger partial charge in [0.25, 0.3) is 5.91 Å². The zero-order valence-corrected chi connectivity index (χ0v) is 13.7. The summed E-state index contributed by atoms with van der Waals surface area (Å²) in [5, 5.41) is 3.39. The number of carbonyl (C=O) groups is 1. The molecule has 3 aromatic rings. The van der Waals surface area contributed by atoms with Crippen molar-refractivity contribution in [3.05, 3.63) is 95.0 Å². The van der Waals surface area contributed by atoms with Crippen molar-refractivity contribution in [1.29, 1.82) is 0 Å². The third-order valence-electron chi connectivity index (χ3n) is 3.46. The Kier molecular flexibility index (Phi) is 5.14. The highest BCUT2D eigenvalue weighted by Gasteiger charge is 2.11. The molecule has 0 radical (unpaired) electrons. The molecule has 24 heavy (non-hydrogen) atoms. The minimum absolute atomic E-state index is 0.206. The molecular weight excluding hydrogens is 322 g/mol. The summed E-state index contributed by atoms with van der Waals surface area (Å²) in [5.41, 5.74) is 2.17. The summed E-state index contributed by atoms with van der Waals surface area (Å²) < 4.78 is 5.84. The Hall–Kier alpha value is -2.78. The number of ether oxygens (including phenoxy) is 1. The molecule has 1 amide bonds. The molecule has 0 aliphatic heterocycles. The van der Waals surface area contributed by atoms with Crippen molar-refractivity contribution >= 4 is 23.2 Å². The second-order valence-corrected chi connectivity index (χ2v) is 5.67. The molecule has 4 heteroatoms. The Balaban J connectivity index is 1.77. The van der Waals surface area contributed by atoms with E-state index in [1.807, 2.05) is 48.5 Å². The number of halogens is 1. The Morgan fingerprint density at radius 1 is 0.917 bits per heavy atom. The van der Waals surface area contributed by atoms with E-state index in [1.54, 1.807) is 30.3 Å². The van der Waals surface area contributed by atoms with Crippen LogP contribution in [0.4, 0.5) is 5.69 Å². The van der Waals surface area contributed by atoms with Gasteiger partial charge in [0, 0.05) is 10.6 Å². The molecule has 0 unspecified atom stereocenters. The number of carbonyl (C=O) groups excluding carboxylic acids is 1. The van der Waals surface area contributed by atoms with Crippen molar-refractivity contribution < 1.29 is 9.53 Å². The Labute approximate surface area is 145 Å². The molecule has 120 valence electrons. The largest absolute Gasteiger partial charge is 0.487 e. The maximum atomic E-state index is 12.3. The number of anilines is 1. The van der Waals surface area contributed by atoms with Gasteiger partial charge in [0.05, 0.1) is 5.69 Å². The molecule has 0 fully saturated rings. The standard InChI is InChI=1S/C20H16ClNO2/c21-17-11-12-19(24-14-15-7-3-1-4-8-15)18(13-17)22-20(23)16-9-5-2-6-10-16/h1-13H,14H2,(H,22,23). The monoisotopic (exact) mass is 337 g/mol. The number of hydrogen-bond donors (Lipinski definition) is 1. The average molecular weight is 338 g/mol. The van der Waals surface area contributed by atoms with Crippen molar-refractivity contribution in [3.63, 3.8) is 0 Å². The van der Waals surface area contributed by atoms with Gasteiger partial charge in [0.15, 0.2) is 0 Å². The fourth-order valence-corrected chi connectivity index (χ4v) is 2.42. The molecule has 3 rings (SSSR count). The molecular formula is C20H16ClNO2. The Morgan fingerprint density at radius 2 is 1.58 bits per heavy atom. The van der Waals surface area contributed by atoms with Gasteiger partial charge < -0.3 is 10.1 Å². The second kappa shape index (κ2) is 7.66. The lowest BCUT2D eigenvalue weighted by Gasteiger charge is -2.13. The third kappa shape index (κ3) is 4.15. The van der Waals surface area contributed by atoms with E-state index in [4.69, 9.17) is 16.3 Å². The van der Waals surface area contributed by atoms with Crippen molar-refractivity contribution in [1.82, 2.24) is 0 Å². The van der Waals surface area contributed by atoms with Crippen LogP contribution in [0.15, 0.2) is 78.9 Å². The smallest absolute Gasteiger partial charge is 0.255 e. The van der Waals surface area contributed by atoms with E-state index in [-0.39, 0.29) is 5.91 Å². The molecule has 0 aliphatic rings. The zero-order valence-electron chi connectivity index (χ0n) is 12.9. The maximum Gasteiger partial charge on any atom is 0.255 e. The molecule has 0 spiro atoms. The van der Waals surface area contributed by atoms with Crippen molar-refractivity contribution in [2.75, 3.05) is 5.32 Å². The summed E-state index contributed by atoms with van der Waals surface area (Å²) in [7, 11) is 0. The van der Waals surface area contributed by atoms with Crippen LogP contribution in [0, 0.1) is 0 Å². The molecule has 3 nitrogen and oxygen atoms in total. The van der Waals surface area contributed by atoms with Crippen molar-refractivity contribution in [3.8, 4) is 5.75 Å². The molecule has 0 aliphatic carbocycles. The van der Waals surface area contributed by atoms with Gasteiger partial charge in [0.2, 0.25) is 0 Å². The van der Waals surface area contributed by atoms with Gasteiger partial charge in [-0.05, 0) is 35.9 Å². The van der Waals surface area contributed by atoms with Gasteiger partial charge in [-0.1, -0.05) is 60.1 Å². The Bertz CT molecular complexity index is 820. The van der Waals surface area contributed by atoms with E-state index in [9.17, 15) is 4.79 Å². The van der Waals surface area contributed by atoms with Crippen LogP contribution < -0.4 is 10.1 Å². The number of benzene rings is 3. The highest BCUT2D eigenvalue weighted by Crippen LogP contribution is 2.29. The maximum absolute atomic E-state index is 12.3. The van der Waals surface area contributed by atoms with Gasteiger partial charge in [-0.15, -0.1) is 0 Å². The van der Waals surface area contributed by atoms with Crippen LogP contribution in [0.5, 0.6) is 5.75 Å². The van der Waals surface area contributed by atoms with Gasteiger partial charge >= 0.3 is 0 Å². The first-order valence-electron chi connectivity index (χ1n) is 7.55. The molecule has 0 aromatic heterocycles. The summed E-state index contributed by atoms with van der Waals surface area (Å²) in [6.07, 6.45) is 0. The van der Waals surface area contributed by atoms with E-state index in [0.29, 0.717) is 28.6 Å². The quantitative estimate of drug-likeness (QED) is 0.697. The first-order chi connectivity index (χ1) is 11.7. The summed E-state index contributed by atoms with van der Waals surface area (Å²) >= 11 is 6.06. The highest BCUT2D eigenvalue weighted by molar-refractivity contribution is 6.31. The number of rotatable bonds is 5. The van der Waals surface area contributed by atoms with Crippen LogP contribution in [0.3, 0.4) is 0 Å². The number of amides is 1. The summed E-state index contributed by atoms with van der Waals surface area (Å²) in [4.78, 5) is 12.3. The Morgan fingerprint density at radius 3 is 2.29 bits per heavy atom. The van der Waals surface area contributed by atoms with Crippen LogP contribution >= 0.6 is 11.6 Å². The molecule has 1 N–H and O–H groups in total. The molecule has 0 atom stereocenters. The zero-order chi connectivity index (χ0) is 16.8. The number of hydrogen-bond acceptors (Lipinski definition) is 2. The summed E-state index contributed by atoms with van der Waals surface area (Å²) in [6, 6.07) is 24.0. The van der Waals surface area contributed by atoms with Crippen LogP contribution in [0.25, 0.3) is 0 Å². The normalized spacial score (nSPS) is 10.2. The third-order valence-corrected chi connectivity index (χ3v) is 3.70. The molecule has 0 bridgehead atoms. The lowest BCUT2D eigenvalue weighted by molar-refractivity contribution is 0.102. The SMILES string of the molecule is O=C(Nc1cc(Cl)ccc1OCc1ccccc1)c1ccccc1. The molecule has 0 saturated heterocycles. The predicted octanol–water partition coefficient (Wildman–Crippen LogP) is 5.17. The fourth-order valence-electron chi connectivity index (χ4n) is 2.25. The predicted molar refractivity (Wildman–Crippen MR) is 96.6 cm³/mol. The van der Waals surface area contributed by atoms with Crippen LogP contribution in [0.1, 0.15) is 15.9 Å². The molecule has 0 heterocycles. The minimum Gasteiger partial charge on any atom is -0.487 e. The van der Waals surface area contributed by atoms with Crippen molar-refractivity contribution in [2.24, 2.45) is 0 Å². The van der Waals surface area contributed by atoms with E-state index in [1.165, 1.54) is 0 Å². The van der Waals surface area contributed by atoms with E-state index < -0.39 is 0 Å². The van der Waals surface area contributed by atoms with E-state index in [0.717, 1.165) is 5.56 Å². The summed E-state index contributed by atoms with van der Waals surface area (Å²) in [6.45, 7) is 0.413. The highest BCUT2D eigenvalue weighted by atomic mass is 35.5. The van der Waals surface area contributed by atoms with Gasteiger partial charge in [-0.3, -0.25) is 4.79 Å².